The summed E-state index contributed by atoms with van der Waals surface area (Å²) in [5, 5.41) is 0. The summed E-state index contributed by atoms with van der Waals surface area (Å²) in [5.41, 5.74) is 3.13. The van der Waals surface area contributed by atoms with Crippen LogP contribution in [-0.2, 0) is 19.5 Å². The first kappa shape index (κ1) is 16.0. The summed E-state index contributed by atoms with van der Waals surface area (Å²) in [5.74, 6) is 0. The fourth-order valence-corrected chi connectivity index (χ4v) is 3.86. The topological polar surface area (TPSA) is 64.6 Å². The maximum atomic E-state index is 12.5. The van der Waals surface area contributed by atoms with E-state index in [2.05, 4.69) is 4.72 Å². The highest BCUT2D eigenvalue weighted by Gasteiger charge is 2.19. The van der Waals surface area contributed by atoms with Gasteiger partial charge in [-0.3, -0.25) is 4.72 Å². The molecule has 1 N–H and O–H groups in total. The van der Waals surface area contributed by atoms with Crippen molar-refractivity contribution in [3.63, 3.8) is 0 Å². The van der Waals surface area contributed by atoms with Crippen LogP contribution in [0.3, 0.4) is 0 Å². The Kier molecular flexibility index (Phi) is 4.39. The molecule has 1 fully saturated rings. The Bertz CT molecular complexity index is 794. The van der Waals surface area contributed by atoms with Crippen LogP contribution in [-0.4, -0.2) is 21.6 Å². The molecule has 23 heavy (non-hydrogen) atoms. The summed E-state index contributed by atoms with van der Waals surface area (Å²) in [7, 11) is -3.61. The molecule has 0 spiro atoms. The number of nitrogens with one attached hydrogen (secondary N) is 1. The lowest BCUT2D eigenvalue weighted by Crippen LogP contribution is -2.14. The summed E-state index contributed by atoms with van der Waals surface area (Å²) >= 11 is 0. The van der Waals surface area contributed by atoms with Gasteiger partial charge in [-0.25, -0.2) is 8.42 Å². The number of benzene rings is 2. The molecule has 0 radical (unpaired) electrons. The largest absolute Gasteiger partial charge is 0.346 e. The van der Waals surface area contributed by atoms with Gasteiger partial charge >= 0.3 is 0 Å². The van der Waals surface area contributed by atoms with Gasteiger partial charge in [0.05, 0.1) is 18.1 Å². The molecule has 1 heterocycles. The summed E-state index contributed by atoms with van der Waals surface area (Å²) in [6, 6.07) is 12.3. The van der Waals surface area contributed by atoms with Gasteiger partial charge in [-0.1, -0.05) is 29.8 Å². The van der Waals surface area contributed by atoms with Crippen LogP contribution in [0.1, 0.15) is 23.0 Å². The number of rotatable bonds is 4. The molecule has 0 aromatic heterocycles. The molecule has 0 unspecified atom stereocenters. The fraction of sp³-hybridized carbons (Fsp3) is 0.294. The first-order valence-electron chi connectivity index (χ1n) is 7.39. The number of sulfonamides is 1. The van der Waals surface area contributed by atoms with Crippen LogP contribution in [0, 0.1) is 13.8 Å². The molecule has 2 aromatic carbocycles. The number of hydrogen-bond donors (Lipinski definition) is 1. The first-order chi connectivity index (χ1) is 11.0. The van der Waals surface area contributed by atoms with Crippen LogP contribution in [0.15, 0.2) is 47.4 Å². The smallest absolute Gasteiger partial charge is 0.262 e. The molecule has 2 aromatic rings. The van der Waals surface area contributed by atoms with Crippen molar-refractivity contribution in [3.05, 3.63) is 59.2 Å². The number of anilines is 1. The molecule has 0 saturated carbocycles. The van der Waals surface area contributed by atoms with Crippen molar-refractivity contribution in [2.75, 3.05) is 17.9 Å². The SMILES string of the molecule is Cc1ccc(S(=O)(=O)Nc2ccc(C3OCCO3)cc2)c(C)c1. The fourth-order valence-electron chi connectivity index (χ4n) is 2.57. The van der Waals surface area contributed by atoms with Gasteiger partial charge in [0.2, 0.25) is 0 Å². The standard InChI is InChI=1S/C17H19NO4S/c1-12-3-8-16(13(2)11-12)23(19,20)18-15-6-4-14(5-7-15)17-21-9-10-22-17/h3-8,11,17-18H,9-10H2,1-2H3. The zero-order valence-electron chi connectivity index (χ0n) is 13.1. The van der Waals surface area contributed by atoms with E-state index in [1.807, 2.05) is 13.0 Å². The van der Waals surface area contributed by atoms with E-state index in [1.165, 1.54) is 0 Å². The lowest BCUT2D eigenvalue weighted by Gasteiger charge is -2.13. The Hall–Kier alpha value is -1.89. The van der Waals surface area contributed by atoms with E-state index in [-0.39, 0.29) is 11.2 Å². The van der Waals surface area contributed by atoms with Crippen molar-refractivity contribution in [3.8, 4) is 0 Å². The molecule has 0 bridgehead atoms. The molecule has 0 aliphatic carbocycles. The monoisotopic (exact) mass is 333 g/mol. The summed E-state index contributed by atoms with van der Waals surface area (Å²) < 4.78 is 38.5. The minimum Gasteiger partial charge on any atom is -0.346 e. The lowest BCUT2D eigenvalue weighted by atomic mass is 10.2. The predicted molar refractivity (Wildman–Crippen MR) is 87.8 cm³/mol. The molecule has 3 rings (SSSR count). The molecule has 6 heteroatoms. The molecular formula is C17H19NO4S. The second-order valence-corrected chi connectivity index (χ2v) is 7.22. The molecule has 0 amide bonds. The minimum absolute atomic E-state index is 0.287. The third-order valence-corrected chi connectivity index (χ3v) is 5.22. The minimum atomic E-state index is -3.61. The van der Waals surface area contributed by atoms with Crippen molar-refractivity contribution in [2.24, 2.45) is 0 Å². The van der Waals surface area contributed by atoms with E-state index in [9.17, 15) is 8.42 Å². The lowest BCUT2D eigenvalue weighted by molar-refractivity contribution is -0.0441. The van der Waals surface area contributed by atoms with E-state index in [0.29, 0.717) is 18.9 Å². The van der Waals surface area contributed by atoms with Crippen LogP contribution < -0.4 is 4.72 Å². The van der Waals surface area contributed by atoms with Crippen LogP contribution in [0.5, 0.6) is 0 Å². The second kappa shape index (κ2) is 6.31. The van der Waals surface area contributed by atoms with Gasteiger partial charge in [0.15, 0.2) is 6.29 Å². The van der Waals surface area contributed by atoms with Crippen LogP contribution in [0.25, 0.3) is 0 Å². The van der Waals surface area contributed by atoms with Crippen molar-refractivity contribution in [1.82, 2.24) is 0 Å². The number of ether oxygens (including phenoxy) is 2. The highest BCUT2D eigenvalue weighted by Crippen LogP contribution is 2.25. The first-order valence-corrected chi connectivity index (χ1v) is 8.87. The Labute approximate surface area is 136 Å². The Balaban J connectivity index is 1.80. The highest BCUT2D eigenvalue weighted by atomic mass is 32.2. The van der Waals surface area contributed by atoms with Gasteiger partial charge in [-0.05, 0) is 37.6 Å². The zero-order valence-corrected chi connectivity index (χ0v) is 13.9. The molecule has 5 nitrogen and oxygen atoms in total. The van der Waals surface area contributed by atoms with E-state index < -0.39 is 10.0 Å². The van der Waals surface area contributed by atoms with E-state index in [0.717, 1.165) is 16.7 Å². The Morgan fingerprint density at radius 1 is 1.00 bits per heavy atom. The summed E-state index contributed by atoms with van der Waals surface area (Å²) in [4.78, 5) is 0.287. The van der Waals surface area contributed by atoms with Crippen molar-refractivity contribution < 1.29 is 17.9 Å². The molecule has 0 atom stereocenters. The normalized spacial score (nSPS) is 15.7. The van der Waals surface area contributed by atoms with E-state index in [4.69, 9.17) is 9.47 Å². The van der Waals surface area contributed by atoms with Crippen LogP contribution in [0.2, 0.25) is 0 Å². The molecule has 1 aliphatic rings. The number of hydrogen-bond acceptors (Lipinski definition) is 4. The van der Waals surface area contributed by atoms with Crippen molar-refractivity contribution in [1.29, 1.82) is 0 Å². The quantitative estimate of drug-likeness (QED) is 0.933. The van der Waals surface area contributed by atoms with Crippen LogP contribution >= 0.6 is 0 Å². The molecule has 1 saturated heterocycles. The zero-order chi connectivity index (χ0) is 16.4. The molecule has 122 valence electrons. The average molecular weight is 333 g/mol. The van der Waals surface area contributed by atoms with Gasteiger partial charge < -0.3 is 9.47 Å². The maximum Gasteiger partial charge on any atom is 0.262 e. The van der Waals surface area contributed by atoms with Gasteiger partial charge in [-0.2, -0.15) is 0 Å². The second-order valence-electron chi connectivity index (χ2n) is 5.57. The predicted octanol–water partition coefficient (Wildman–Crippen LogP) is 3.15. The molecule has 1 aliphatic heterocycles. The van der Waals surface area contributed by atoms with Gasteiger partial charge in [0.25, 0.3) is 10.0 Å². The van der Waals surface area contributed by atoms with E-state index in [1.54, 1.807) is 43.3 Å². The summed E-state index contributed by atoms with van der Waals surface area (Å²) in [6.45, 7) is 4.87. The maximum absolute atomic E-state index is 12.5. The average Bonchev–Trinajstić information content (AvgIpc) is 3.01. The van der Waals surface area contributed by atoms with E-state index >= 15 is 0 Å². The third-order valence-electron chi connectivity index (χ3n) is 3.68. The third kappa shape index (κ3) is 3.55. The van der Waals surface area contributed by atoms with Crippen molar-refractivity contribution in [2.45, 2.75) is 25.0 Å². The Morgan fingerprint density at radius 2 is 1.65 bits per heavy atom. The Morgan fingerprint density at radius 3 is 2.26 bits per heavy atom. The van der Waals surface area contributed by atoms with Crippen LogP contribution in [0.4, 0.5) is 5.69 Å². The molecular weight excluding hydrogens is 314 g/mol. The van der Waals surface area contributed by atoms with Crippen molar-refractivity contribution >= 4 is 15.7 Å². The number of aryl methyl sites for hydroxylation is 2. The highest BCUT2D eigenvalue weighted by molar-refractivity contribution is 7.92. The van der Waals surface area contributed by atoms with Gasteiger partial charge in [-0.15, -0.1) is 0 Å². The summed E-state index contributed by atoms with van der Waals surface area (Å²) in [6.07, 6.45) is -0.361. The van der Waals surface area contributed by atoms with Gasteiger partial charge in [0.1, 0.15) is 0 Å². The van der Waals surface area contributed by atoms with Gasteiger partial charge in [0, 0.05) is 11.3 Å².